The Bertz CT molecular complexity index is 1940. The fourth-order valence-electron chi connectivity index (χ4n) is 6.18. The van der Waals surface area contributed by atoms with Crippen LogP contribution in [0.5, 0.6) is 5.75 Å². The minimum absolute atomic E-state index is 0.373. The van der Waals surface area contributed by atoms with Gasteiger partial charge in [-0.1, -0.05) is 12.8 Å². The molecule has 1 aromatic carbocycles. The predicted molar refractivity (Wildman–Crippen MR) is 175 cm³/mol. The third-order valence-electron chi connectivity index (χ3n) is 8.54. The van der Waals surface area contributed by atoms with E-state index in [0.29, 0.717) is 29.3 Å². The van der Waals surface area contributed by atoms with Crippen LogP contribution >= 0.6 is 0 Å². The van der Waals surface area contributed by atoms with Crippen LogP contribution in [0.1, 0.15) is 31.2 Å². The van der Waals surface area contributed by atoms with E-state index in [1.807, 2.05) is 55.8 Å². The summed E-state index contributed by atoms with van der Waals surface area (Å²) in [6, 6.07) is 12.9. The molecule has 5 heterocycles. The van der Waals surface area contributed by atoms with Crippen LogP contribution in [0.4, 0.5) is 4.39 Å². The molecule has 0 bridgehead atoms. The Labute approximate surface area is 261 Å². The minimum Gasteiger partial charge on any atom is -0.492 e. The number of nitrogens with one attached hydrogen (secondary N) is 3. The standard InChI is InChI=1S/C35H37FN8O/c1-44(2)9-10-45-28-13-24(12-27(36)15-28)33-29-16-32(41-31(29)7-8-39-33)34-30-14-26(21-40-35(30)43-42-34)25-11-23(19-38-20-25)18-37-17-22-5-3-4-6-22/h7-8,11-16,19-22,37,41H,3-6,9-10,17-18H2,1-2H3,(H,40,42,43). The molecule has 0 amide bonds. The summed E-state index contributed by atoms with van der Waals surface area (Å²) in [6.07, 6.45) is 12.7. The van der Waals surface area contributed by atoms with Gasteiger partial charge in [-0.15, -0.1) is 0 Å². The Kier molecular flexibility index (Phi) is 8.23. The highest BCUT2D eigenvalue weighted by atomic mass is 19.1. The van der Waals surface area contributed by atoms with E-state index in [4.69, 9.17) is 4.74 Å². The lowest BCUT2D eigenvalue weighted by molar-refractivity contribution is 0.260. The van der Waals surface area contributed by atoms with E-state index in [2.05, 4.69) is 47.6 Å². The molecular formula is C35H37FN8O. The minimum atomic E-state index is -0.373. The van der Waals surface area contributed by atoms with Gasteiger partial charge in [-0.25, -0.2) is 9.37 Å². The number of ether oxygens (including phenoxy) is 1. The van der Waals surface area contributed by atoms with Gasteiger partial charge in [0.15, 0.2) is 5.65 Å². The highest BCUT2D eigenvalue weighted by Gasteiger charge is 2.17. The summed E-state index contributed by atoms with van der Waals surface area (Å²) < 4.78 is 20.5. The molecule has 45 heavy (non-hydrogen) atoms. The average molecular weight is 605 g/mol. The molecule has 1 aliphatic rings. The number of aromatic nitrogens is 6. The van der Waals surface area contributed by atoms with E-state index in [1.54, 1.807) is 6.20 Å². The molecule has 6 aromatic rings. The molecule has 1 saturated carbocycles. The number of likely N-dealkylation sites (N-methyl/N-ethyl adjacent to an activating group) is 1. The van der Waals surface area contributed by atoms with Gasteiger partial charge in [-0.2, -0.15) is 5.10 Å². The lowest BCUT2D eigenvalue weighted by Gasteiger charge is -2.12. The fourth-order valence-corrected chi connectivity index (χ4v) is 6.18. The van der Waals surface area contributed by atoms with Gasteiger partial charge in [0.2, 0.25) is 0 Å². The number of pyridine rings is 3. The average Bonchev–Trinajstić information content (AvgIpc) is 3.80. The van der Waals surface area contributed by atoms with Crippen molar-refractivity contribution in [2.45, 2.75) is 32.2 Å². The Morgan fingerprint density at radius 2 is 1.80 bits per heavy atom. The lowest BCUT2D eigenvalue weighted by atomic mass is 10.0. The molecule has 0 aliphatic heterocycles. The molecule has 230 valence electrons. The van der Waals surface area contributed by atoms with Gasteiger partial charge in [0.25, 0.3) is 0 Å². The summed E-state index contributed by atoms with van der Waals surface area (Å²) in [7, 11) is 3.94. The Balaban J connectivity index is 1.17. The van der Waals surface area contributed by atoms with Crippen molar-refractivity contribution < 1.29 is 9.13 Å². The highest BCUT2D eigenvalue weighted by Crippen LogP contribution is 2.35. The summed E-state index contributed by atoms with van der Waals surface area (Å²) in [6.45, 7) is 3.05. The second kappa shape index (κ2) is 12.7. The molecule has 7 rings (SSSR count). The van der Waals surface area contributed by atoms with E-state index in [-0.39, 0.29) is 5.82 Å². The summed E-state index contributed by atoms with van der Waals surface area (Å²) in [4.78, 5) is 19.3. The SMILES string of the molecule is CN(C)CCOc1cc(F)cc(-c2nccc3[nH]c(-c4n[nH]c5ncc(-c6cncc(CNCC7CCCC7)c6)cc45)cc23)c1. The number of halogens is 1. The maximum atomic E-state index is 14.7. The summed E-state index contributed by atoms with van der Waals surface area (Å²) in [5, 5.41) is 13.1. The van der Waals surface area contributed by atoms with Crippen LogP contribution in [-0.4, -0.2) is 68.8 Å². The molecular weight excluding hydrogens is 567 g/mol. The quantitative estimate of drug-likeness (QED) is 0.153. The smallest absolute Gasteiger partial charge is 0.155 e. The molecule has 5 aromatic heterocycles. The van der Waals surface area contributed by atoms with Gasteiger partial charge in [-0.3, -0.25) is 15.1 Å². The maximum Gasteiger partial charge on any atom is 0.155 e. The van der Waals surface area contributed by atoms with Crippen molar-refractivity contribution in [2.75, 3.05) is 33.8 Å². The topological polar surface area (TPSA) is 108 Å². The number of benzene rings is 1. The summed E-state index contributed by atoms with van der Waals surface area (Å²) in [5.41, 5.74) is 7.56. The maximum absolute atomic E-state index is 14.7. The van der Waals surface area contributed by atoms with Crippen LogP contribution in [0.15, 0.2) is 67.3 Å². The zero-order valence-corrected chi connectivity index (χ0v) is 25.6. The largest absolute Gasteiger partial charge is 0.492 e. The normalized spacial score (nSPS) is 13.9. The van der Waals surface area contributed by atoms with Gasteiger partial charge in [0.1, 0.15) is 23.9 Å². The van der Waals surface area contributed by atoms with Crippen LogP contribution in [0.2, 0.25) is 0 Å². The van der Waals surface area contributed by atoms with Gasteiger partial charge < -0.3 is 19.9 Å². The van der Waals surface area contributed by atoms with Crippen LogP contribution in [0.3, 0.4) is 0 Å². The van der Waals surface area contributed by atoms with Crippen LogP contribution < -0.4 is 10.1 Å². The van der Waals surface area contributed by atoms with Gasteiger partial charge in [0.05, 0.1) is 11.4 Å². The molecule has 0 spiro atoms. The number of aromatic amines is 2. The van der Waals surface area contributed by atoms with Crippen molar-refractivity contribution in [3.8, 4) is 39.5 Å². The first-order chi connectivity index (χ1) is 22.0. The first-order valence-electron chi connectivity index (χ1n) is 15.6. The zero-order valence-electron chi connectivity index (χ0n) is 25.6. The second-order valence-corrected chi connectivity index (χ2v) is 12.2. The Hall–Kier alpha value is -4.67. The molecule has 0 radical (unpaired) electrons. The van der Waals surface area contributed by atoms with Crippen LogP contribution in [0.25, 0.3) is 55.7 Å². The molecule has 9 nitrogen and oxygen atoms in total. The lowest BCUT2D eigenvalue weighted by Crippen LogP contribution is -2.20. The number of nitrogens with zero attached hydrogens (tertiary/aromatic N) is 5. The van der Waals surface area contributed by atoms with E-state index in [1.165, 1.54) is 37.8 Å². The molecule has 10 heteroatoms. The van der Waals surface area contributed by atoms with Crippen molar-refractivity contribution >= 4 is 21.9 Å². The number of fused-ring (bicyclic) bond motifs is 2. The van der Waals surface area contributed by atoms with Crippen molar-refractivity contribution in [1.82, 2.24) is 40.3 Å². The summed E-state index contributed by atoms with van der Waals surface area (Å²) >= 11 is 0. The molecule has 3 N–H and O–H groups in total. The number of hydrogen-bond acceptors (Lipinski definition) is 7. The third kappa shape index (κ3) is 6.43. The number of H-pyrrole nitrogens is 2. The predicted octanol–water partition coefficient (Wildman–Crippen LogP) is 6.59. The van der Waals surface area contributed by atoms with Gasteiger partial charge in [-0.05, 0) is 81.4 Å². The second-order valence-electron chi connectivity index (χ2n) is 12.2. The first-order valence-corrected chi connectivity index (χ1v) is 15.6. The molecule has 1 fully saturated rings. The molecule has 0 saturated heterocycles. The van der Waals surface area contributed by atoms with E-state index >= 15 is 0 Å². The van der Waals surface area contributed by atoms with Crippen molar-refractivity contribution in [1.29, 1.82) is 0 Å². The van der Waals surface area contributed by atoms with E-state index < -0.39 is 0 Å². The summed E-state index contributed by atoms with van der Waals surface area (Å²) in [5.74, 6) is 0.894. The third-order valence-corrected chi connectivity index (χ3v) is 8.54. The fraction of sp³-hybridized carbons (Fsp3) is 0.314. The Morgan fingerprint density at radius 1 is 0.933 bits per heavy atom. The van der Waals surface area contributed by atoms with Gasteiger partial charge >= 0.3 is 0 Å². The van der Waals surface area contributed by atoms with Crippen molar-refractivity contribution in [3.05, 3.63) is 78.6 Å². The first kappa shape index (κ1) is 29.1. The zero-order chi connectivity index (χ0) is 30.8. The van der Waals surface area contributed by atoms with Crippen LogP contribution in [-0.2, 0) is 6.54 Å². The van der Waals surface area contributed by atoms with E-state index in [0.717, 1.165) is 69.9 Å². The molecule has 1 aliphatic carbocycles. The highest BCUT2D eigenvalue weighted by molar-refractivity contribution is 6.00. The van der Waals surface area contributed by atoms with Crippen LogP contribution in [0, 0.1) is 11.7 Å². The number of rotatable bonds is 11. The van der Waals surface area contributed by atoms with Crippen molar-refractivity contribution in [3.63, 3.8) is 0 Å². The molecule has 0 unspecified atom stereocenters. The van der Waals surface area contributed by atoms with E-state index in [9.17, 15) is 4.39 Å². The number of hydrogen-bond donors (Lipinski definition) is 3. The monoisotopic (exact) mass is 604 g/mol. The molecule has 0 atom stereocenters. The van der Waals surface area contributed by atoms with Crippen molar-refractivity contribution in [2.24, 2.45) is 5.92 Å². The Morgan fingerprint density at radius 3 is 2.67 bits per heavy atom. The van der Waals surface area contributed by atoms with Gasteiger partial charge in [0, 0.05) is 76.9 Å².